The average Bonchev–Trinajstić information content (AvgIpc) is 2.90. The van der Waals surface area contributed by atoms with Gasteiger partial charge < -0.3 is 4.74 Å². The zero-order chi connectivity index (χ0) is 18.7. The van der Waals surface area contributed by atoms with E-state index in [1.54, 1.807) is 11.6 Å². The highest BCUT2D eigenvalue weighted by atomic mass is 32.2. The second-order valence-corrected chi connectivity index (χ2v) is 8.53. The van der Waals surface area contributed by atoms with Crippen LogP contribution in [0, 0.1) is 13.8 Å². The van der Waals surface area contributed by atoms with E-state index in [4.69, 9.17) is 4.74 Å². The molecule has 0 saturated carbocycles. The summed E-state index contributed by atoms with van der Waals surface area (Å²) in [4.78, 5) is 2.44. The van der Waals surface area contributed by atoms with Crippen molar-refractivity contribution in [1.29, 1.82) is 0 Å². The van der Waals surface area contributed by atoms with Gasteiger partial charge in [-0.3, -0.25) is 9.58 Å². The first-order valence-electron chi connectivity index (χ1n) is 8.74. The van der Waals surface area contributed by atoms with Crippen molar-refractivity contribution in [1.82, 2.24) is 19.0 Å². The minimum absolute atomic E-state index is 0.326. The fourth-order valence-corrected chi connectivity index (χ4v) is 5.06. The van der Waals surface area contributed by atoms with Crippen LogP contribution < -0.4 is 0 Å². The minimum Gasteiger partial charge on any atom is -0.379 e. The lowest BCUT2D eigenvalue weighted by atomic mass is 10.2. The van der Waals surface area contributed by atoms with Crippen LogP contribution in [-0.4, -0.2) is 60.8 Å². The van der Waals surface area contributed by atoms with Gasteiger partial charge in [0.05, 0.1) is 31.3 Å². The van der Waals surface area contributed by atoms with Gasteiger partial charge in [-0.15, -0.1) is 0 Å². The van der Waals surface area contributed by atoms with Crippen LogP contribution in [0.2, 0.25) is 0 Å². The van der Waals surface area contributed by atoms with Crippen molar-refractivity contribution in [2.24, 2.45) is 0 Å². The highest BCUT2D eigenvalue weighted by Gasteiger charge is 2.32. The molecule has 3 rings (SSSR count). The number of benzene rings is 1. The molecule has 0 radical (unpaired) electrons. The molecule has 2 heterocycles. The molecule has 2 aromatic rings. The second-order valence-electron chi connectivity index (χ2n) is 6.66. The summed E-state index contributed by atoms with van der Waals surface area (Å²) in [6, 6.07) is 10.2. The third-order valence-electron chi connectivity index (χ3n) is 4.55. The zero-order valence-electron chi connectivity index (χ0n) is 15.6. The van der Waals surface area contributed by atoms with Crippen LogP contribution in [-0.2, 0) is 28.0 Å². The van der Waals surface area contributed by atoms with E-state index in [1.165, 1.54) is 9.87 Å². The van der Waals surface area contributed by atoms with Gasteiger partial charge in [0.2, 0.25) is 10.0 Å². The SMILES string of the molecule is Cc1nn(CN(C)Cc2ccccc2)c(C)c1S(=O)(=O)N1CCOCC1. The molecule has 0 N–H and O–H groups in total. The lowest BCUT2D eigenvalue weighted by Gasteiger charge is -2.26. The van der Waals surface area contributed by atoms with Gasteiger partial charge in [0.25, 0.3) is 0 Å². The number of sulfonamides is 1. The molecule has 8 heteroatoms. The Hall–Kier alpha value is -1.74. The number of rotatable bonds is 6. The minimum atomic E-state index is -3.55. The van der Waals surface area contributed by atoms with E-state index in [-0.39, 0.29) is 0 Å². The Bertz CT molecular complexity index is 843. The molecular formula is C18H26N4O3S. The van der Waals surface area contributed by atoms with Crippen molar-refractivity contribution in [2.45, 2.75) is 32.0 Å². The van der Waals surface area contributed by atoms with Gasteiger partial charge in [0.1, 0.15) is 4.90 Å². The standard InChI is InChI=1S/C18H26N4O3S/c1-15-18(26(23,24)21-9-11-25-12-10-21)16(2)22(19-15)14-20(3)13-17-7-5-4-6-8-17/h4-8H,9-14H2,1-3H3. The first kappa shape index (κ1) is 19.0. The van der Waals surface area contributed by atoms with Crippen molar-refractivity contribution >= 4 is 10.0 Å². The Labute approximate surface area is 155 Å². The van der Waals surface area contributed by atoms with Gasteiger partial charge >= 0.3 is 0 Å². The van der Waals surface area contributed by atoms with Gasteiger partial charge in [0, 0.05) is 19.6 Å². The number of ether oxygens (including phenoxy) is 1. The average molecular weight is 378 g/mol. The molecular weight excluding hydrogens is 352 g/mol. The van der Waals surface area contributed by atoms with E-state index in [9.17, 15) is 8.42 Å². The number of aromatic nitrogens is 2. The lowest BCUT2D eigenvalue weighted by molar-refractivity contribution is 0.0730. The Morgan fingerprint density at radius 3 is 2.46 bits per heavy atom. The van der Waals surface area contributed by atoms with Crippen LogP contribution in [0.3, 0.4) is 0 Å². The zero-order valence-corrected chi connectivity index (χ0v) is 16.4. The Balaban J connectivity index is 1.79. The summed E-state index contributed by atoms with van der Waals surface area (Å²) < 4.78 is 34.6. The van der Waals surface area contributed by atoms with Crippen molar-refractivity contribution in [3.8, 4) is 0 Å². The molecule has 1 aliphatic heterocycles. The molecule has 0 bridgehead atoms. The van der Waals surface area contributed by atoms with Gasteiger partial charge in [0.15, 0.2) is 0 Å². The summed E-state index contributed by atoms with van der Waals surface area (Å²) in [7, 11) is -1.55. The molecule has 1 aromatic carbocycles. The fraction of sp³-hybridized carbons (Fsp3) is 0.500. The highest BCUT2D eigenvalue weighted by Crippen LogP contribution is 2.24. The van der Waals surface area contributed by atoms with Gasteiger partial charge in [-0.25, -0.2) is 8.42 Å². The van der Waals surface area contributed by atoms with E-state index in [0.29, 0.717) is 49.3 Å². The molecule has 142 valence electrons. The largest absolute Gasteiger partial charge is 0.379 e. The summed E-state index contributed by atoms with van der Waals surface area (Å²) in [5.74, 6) is 0. The van der Waals surface area contributed by atoms with Crippen molar-refractivity contribution < 1.29 is 13.2 Å². The van der Waals surface area contributed by atoms with E-state index in [1.807, 2.05) is 32.2 Å². The summed E-state index contributed by atoms with van der Waals surface area (Å²) in [5.41, 5.74) is 2.42. The third-order valence-corrected chi connectivity index (χ3v) is 6.71. The topological polar surface area (TPSA) is 67.7 Å². The smallest absolute Gasteiger partial charge is 0.246 e. The first-order valence-corrected chi connectivity index (χ1v) is 10.2. The van der Waals surface area contributed by atoms with E-state index >= 15 is 0 Å². The van der Waals surface area contributed by atoms with E-state index in [0.717, 1.165) is 6.54 Å². The van der Waals surface area contributed by atoms with Gasteiger partial charge in [-0.05, 0) is 26.5 Å². The number of nitrogens with zero attached hydrogens (tertiary/aromatic N) is 4. The Morgan fingerprint density at radius 2 is 1.81 bits per heavy atom. The predicted octanol–water partition coefficient (Wildman–Crippen LogP) is 1.61. The normalized spacial score (nSPS) is 16.3. The molecule has 0 unspecified atom stereocenters. The number of hydrogen-bond donors (Lipinski definition) is 0. The van der Waals surface area contributed by atoms with Crippen molar-refractivity contribution in [2.75, 3.05) is 33.4 Å². The third kappa shape index (κ3) is 3.98. The quantitative estimate of drug-likeness (QED) is 0.764. The van der Waals surface area contributed by atoms with Crippen LogP contribution in [0.4, 0.5) is 0 Å². The highest BCUT2D eigenvalue weighted by molar-refractivity contribution is 7.89. The maximum atomic E-state index is 13.0. The lowest BCUT2D eigenvalue weighted by Crippen LogP contribution is -2.41. The molecule has 1 fully saturated rings. The van der Waals surface area contributed by atoms with Crippen molar-refractivity contribution in [3.05, 3.63) is 47.3 Å². The summed E-state index contributed by atoms with van der Waals surface area (Å²) in [5, 5.41) is 4.49. The molecule has 0 aliphatic carbocycles. The maximum absolute atomic E-state index is 13.0. The van der Waals surface area contributed by atoms with Gasteiger partial charge in [-0.2, -0.15) is 9.40 Å². The first-order chi connectivity index (χ1) is 12.4. The molecule has 0 atom stereocenters. The van der Waals surface area contributed by atoms with Crippen LogP contribution in [0.1, 0.15) is 17.0 Å². The molecule has 7 nitrogen and oxygen atoms in total. The monoisotopic (exact) mass is 378 g/mol. The van der Waals surface area contributed by atoms with E-state index in [2.05, 4.69) is 22.1 Å². The fourth-order valence-electron chi connectivity index (χ4n) is 3.28. The van der Waals surface area contributed by atoms with Crippen LogP contribution in [0.25, 0.3) is 0 Å². The number of hydrogen-bond acceptors (Lipinski definition) is 5. The predicted molar refractivity (Wildman–Crippen MR) is 99.2 cm³/mol. The summed E-state index contributed by atoms with van der Waals surface area (Å²) in [6.07, 6.45) is 0. The Kier molecular flexibility index (Phi) is 5.76. The van der Waals surface area contributed by atoms with Crippen LogP contribution in [0.5, 0.6) is 0 Å². The van der Waals surface area contributed by atoms with Crippen LogP contribution in [0.15, 0.2) is 35.2 Å². The molecule has 26 heavy (non-hydrogen) atoms. The molecule has 0 amide bonds. The molecule has 0 spiro atoms. The van der Waals surface area contributed by atoms with E-state index < -0.39 is 10.0 Å². The molecule has 1 aliphatic rings. The van der Waals surface area contributed by atoms with Crippen molar-refractivity contribution in [3.63, 3.8) is 0 Å². The summed E-state index contributed by atoms with van der Waals surface area (Å²) in [6.45, 7) is 6.53. The molecule has 1 saturated heterocycles. The molecule has 1 aromatic heterocycles. The summed E-state index contributed by atoms with van der Waals surface area (Å²) >= 11 is 0. The maximum Gasteiger partial charge on any atom is 0.246 e. The number of morpholine rings is 1. The van der Waals surface area contributed by atoms with Crippen LogP contribution >= 0.6 is 0 Å². The van der Waals surface area contributed by atoms with Gasteiger partial charge in [-0.1, -0.05) is 30.3 Å². The Morgan fingerprint density at radius 1 is 1.15 bits per heavy atom. The number of aryl methyl sites for hydroxylation is 1. The second kappa shape index (κ2) is 7.87.